The number of ketones is 1. The summed E-state index contributed by atoms with van der Waals surface area (Å²) in [5, 5.41) is 0. The van der Waals surface area contributed by atoms with E-state index in [2.05, 4.69) is 20.9 Å². The highest BCUT2D eigenvalue weighted by Gasteiger charge is 2.15. The minimum Gasteiger partial charge on any atom is -0.299 e. The zero-order valence-electron chi connectivity index (χ0n) is 10.7. The van der Waals surface area contributed by atoms with Gasteiger partial charge < -0.3 is 0 Å². The summed E-state index contributed by atoms with van der Waals surface area (Å²) in [6.45, 7) is 0. The van der Waals surface area contributed by atoms with Gasteiger partial charge in [-0.15, -0.1) is 0 Å². The van der Waals surface area contributed by atoms with Crippen molar-refractivity contribution in [3.63, 3.8) is 0 Å². The van der Waals surface area contributed by atoms with Gasteiger partial charge in [0, 0.05) is 29.2 Å². The number of hydrogen-bond acceptors (Lipinski definition) is 2. The Balaban J connectivity index is 1.73. The van der Waals surface area contributed by atoms with Crippen LogP contribution in [0.25, 0.3) is 0 Å². The van der Waals surface area contributed by atoms with E-state index in [1.807, 2.05) is 12.1 Å². The first-order valence-electron chi connectivity index (χ1n) is 6.86. The smallest absolute Gasteiger partial charge is 0.138 e. The van der Waals surface area contributed by atoms with E-state index in [1.54, 1.807) is 6.20 Å². The van der Waals surface area contributed by atoms with Gasteiger partial charge >= 0.3 is 0 Å². The van der Waals surface area contributed by atoms with E-state index >= 15 is 0 Å². The molecular weight excluding hydrogens is 290 g/mol. The highest BCUT2D eigenvalue weighted by Crippen LogP contribution is 2.27. The van der Waals surface area contributed by atoms with Gasteiger partial charge in [0.05, 0.1) is 0 Å². The normalized spacial score (nSPS) is 16.7. The van der Waals surface area contributed by atoms with E-state index < -0.39 is 0 Å². The number of carbonyl (C=O) groups is 1. The average molecular weight is 310 g/mol. The maximum Gasteiger partial charge on any atom is 0.138 e. The van der Waals surface area contributed by atoms with Crippen LogP contribution in [-0.4, -0.2) is 10.8 Å². The van der Waals surface area contributed by atoms with Crippen molar-refractivity contribution < 1.29 is 4.79 Å². The van der Waals surface area contributed by atoms with Gasteiger partial charge in [0.25, 0.3) is 0 Å². The number of rotatable bonds is 5. The number of halogens is 1. The quantitative estimate of drug-likeness (QED) is 0.811. The Morgan fingerprint density at radius 1 is 1.28 bits per heavy atom. The van der Waals surface area contributed by atoms with Crippen LogP contribution in [0.1, 0.15) is 50.6 Å². The third kappa shape index (κ3) is 4.52. The van der Waals surface area contributed by atoms with Gasteiger partial charge in [-0.05, 0) is 40.4 Å². The molecule has 1 saturated carbocycles. The van der Waals surface area contributed by atoms with Crippen molar-refractivity contribution in [1.29, 1.82) is 0 Å². The third-order valence-electron chi connectivity index (χ3n) is 3.72. The second-order valence-electron chi connectivity index (χ2n) is 5.23. The first-order chi connectivity index (χ1) is 8.74. The lowest BCUT2D eigenvalue weighted by Gasteiger charge is -2.20. The molecule has 1 aliphatic carbocycles. The van der Waals surface area contributed by atoms with Crippen molar-refractivity contribution in [1.82, 2.24) is 4.98 Å². The van der Waals surface area contributed by atoms with Crippen LogP contribution in [0, 0.1) is 5.92 Å². The van der Waals surface area contributed by atoms with Crippen LogP contribution < -0.4 is 0 Å². The SMILES string of the molecule is O=C(CCC1CCCCC1)Cc1ccc(Br)cn1. The van der Waals surface area contributed by atoms with Gasteiger partial charge in [0.2, 0.25) is 0 Å². The van der Waals surface area contributed by atoms with Gasteiger partial charge in [0.15, 0.2) is 0 Å². The first kappa shape index (κ1) is 13.7. The Hall–Kier alpha value is -0.700. The summed E-state index contributed by atoms with van der Waals surface area (Å²) in [4.78, 5) is 16.1. The fourth-order valence-corrected chi connectivity index (χ4v) is 2.88. The average Bonchev–Trinajstić information content (AvgIpc) is 2.40. The number of Topliss-reactive ketones (excluding diaryl/α,β-unsaturated/α-hetero) is 1. The Labute approximate surface area is 117 Å². The minimum atomic E-state index is 0.329. The van der Waals surface area contributed by atoms with Crippen LogP contribution in [0.3, 0.4) is 0 Å². The minimum absolute atomic E-state index is 0.329. The standard InChI is InChI=1S/C15H20BrNO/c16-13-7-8-14(17-11-13)10-15(18)9-6-12-4-2-1-3-5-12/h7-8,11-12H,1-6,9-10H2. The van der Waals surface area contributed by atoms with Gasteiger partial charge in [-0.2, -0.15) is 0 Å². The van der Waals surface area contributed by atoms with E-state index in [0.29, 0.717) is 12.2 Å². The van der Waals surface area contributed by atoms with Crippen LogP contribution in [-0.2, 0) is 11.2 Å². The summed E-state index contributed by atoms with van der Waals surface area (Å²) in [5.74, 6) is 1.12. The maximum absolute atomic E-state index is 11.9. The largest absolute Gasteiger partial charge is 0.299 e. The summed E-state index contributed by atoms with van der Waals surface area (Å²) in [6.07, 6.45) is 10.8. The van der Waals surface area contributed by atoms with E-state index in [9.17, 15) is 4.79 Å². The van der Waals surface area contributed by atoms with E-state index in [1.165, 1.54) is 32.1 Å². The Morgan fingerprint density at radius 2 is 2.06 bits per heavy atom. The first-order valence-corrected chi connectivity index (χ1v) is 7.65. The molecule has 0 spiro atoms. The summed E-state index contributed by atoms with van der Waals surface area (Å²) < 4.78 is 0.959. The molecule has 1 aromatic rings. The molecule has 2 nitrogen and oxygen atoms in total. The predicted octanol–water partition coefficient (Wildman–Crippen LogP) is 4.32. The maximum atomic E-state index is 11.9. The molecule has 18 heavy (non-hydrogen) atoms. The molecule has 0 bridgehead atoms. The summed E-state index contributed by atoms with van der Waals surface area (Å²) in [5.41, 5.74) is 0.881. The van der Waals surface area contributed by atoms with Crippen molar-refractivity contribution in [2.75, 3.05) is 0 Å². The molecular formula is C15H20BrNO. The lowest BCUT2D eigenvalue weighted by atomic mass is 9.85. The lowest BCUT2D eigenvalue weighted by Crippen LogP contribution is -2.10. The second kappa shape index (κ2) is 7.03. The van der Waals surface area contributed by atoms with E-state index in [4.69, 9.17) is 0 Å². The van der Waals surface area contributed by atoms with Crippen molar-refractivity contribution in [2.45, 2.75) is 51.4 Å². The Kier molecular flexibility index (Phi) is 5.36. The van der Waals surface area contributed by atoms with Gasteiger partial charge in [0.1, 0.15) is 5.78 Å². The predicted molar refractivity (Wildman–Crippen MR) is 76.5 cm³/mol. The Bertz CT molecular complexity index is 382. The number of pyridine rings is 1. The zero-order chi connectivity index (χ0) is 12.8. The van der Waals surface area contributed by atoms with E-state index in [-0.39, 0.29) is 0 Å². The molecule has 0 saturated heterocycles. The van der Waals surface area contributed by atoms with Crippen molar-refractivity contribution >= 4 is 21.7 Å². The van der Waals surface area contributed by atoms with Crippen molar-refractivity contribution in [3.05, 3.63) is 28.5 Å². The molecule has 1 heterocycles. The van der Waals surface area contributed by atoms with Gasteiger partial charge in [-0.25, -0.2) is 0 Å². The molecule has 0 radical (unpaired) electrons. The molecule has 3 heteroatoms. The topological polar surface area (TPSA) is 30.0 Å². The molecule has 1 aliphatic rings. The molecule has 1 aromatic heterocycles. The summed E-state index contributed by atoms with van der Waals surface area (Å²) in [6, 6.07) is 3.86. The molecule has 0 aliphatic heterocycles. The van der Waals surface area contributed by atoms with Crippen molar-refractivity contribution in [3.8, 4) is 0 Å². The van der Waals surface area contributed by atoms with Gasteiger partial charge in [-0.1, -0.05) is 32.1 Å². The zero-order valence-corrected chi connectivity index (χ0v) is 12.3. The number of carbonyl (C=O) groups excluding carboxylic acids is 1. The summed E-state index contributed by atoms with van der Waals surface area (Å²) >= 11 is 3.35. The molecule has 2 rings (SSSR count). The number of hydrogen-bond donors (Lipinski definition) is 0. The van der Waals surface area contributed by atoms with Crippen LogP contribution >= 0.6 is 15.9 Å². The van der Waals surface area contributed by atoms with Crippen LogP contribution in [0.5, 0.6) is 0 Å². The summed E-state index contributed by atoms with van der Waals surface area (Å²) in [7, 11) is 0. The lowest BCUT2D eigenvalue weighted by molar-refractivity contribution is -0.118. The highest BCUT2D eigenvalue weighted by molar-refractivity contribution is 9.10. The fraction of sp³-hybridized carbons (Fsp3) is 0.600. The van der Waals surface area contributed by atoms with Crippen molar-refractivity contribution in [2.24, 2.45) is 5.92 Å². The van der Waals surface area contributed by atoms with Crippen LogP contribution in [0.2, 0.25) is 0 Å². The highest BCUT2D eigenvalue weighted by atomic mass is 79.9. The van der Waals surface area contributed by atoms with E-state index in [0.717, 1.165) is 28.9 Å². The van der Waals surface area contributed by atoms with Gasteiger partial charge in [-0.3, -0.25) is 9.78 Å². The van der Waals surface area contributed by atoms with Crippen LogP contribution in [0.4, 0.5) is 0 Å². The monoisotopic (exact) mass is 309 g/mol. The molecule has 0 aromatic carbocycles. The Morgan fingerprint density at radius 3 is 2.72 bits per heavy atom. The molecule has 0 amide bonds. The van der Waals surface area contributed by atoms with Crippen LogP contribution in [0.15, 0.2) is 22.8 Å². The fourth-order valence-electron chi connectivity index (χ4n) is 2.64. The second-order valence-corrected chi connectivity index (χ2v) is 6.14. The molecule has 1 fully saturated rings. The number of aromatic nitrogens is 1. The molecule has 0 atom stereocenters. The molecule has 98 valence electrons. The number of nitrogens with zero attached hydrogens (tertiary/aromatic N) is 1. The third-order valence-corrected chi connectivity index (χ3v) is 4.19. The molecule has 0 N–H and O–H groups in total. The molecule has 0 unspecified atom stereocenters.